The van der Waals surface area contributed by atoms with Gasteiger partial charge in [0.25, 0.3) is 5.69 Å². The van der Waals surface area contributed by atoms with Crippen LogP contribution in [0.5, 0.6) is 0 Å². The van der Waals surface area contributed by atoms with Crippen LogP contribution in [-0.2, 0) is 0 Å². The van der Waals surface area contributed by atoms with Gasteiger partial charge in [-0.05, 0) is 25.5 Å². The first kappa shape index (κ1) is 13.1. The number of benzene rings is 1. The van der Waals surface area contributed by atoms with Crippen LogP contribution in [-0.4, -0.2) is 47.8 Å². The summed E-state index contributed by atoms with van der Waals surface area (Å²) in [5.74, 6) is -0.148. The Morgan fingerprint density at radius 2 is 2.15 bits per heavy atom. The van der Waals surface area contributed by atoms with E-state index in [0.29, 0.717) is 17.3 Å². The number of nitro groups is 1. The van der Waals surface area contributed by atoms with Gasteiger partial charge in [0.05, 0.1) is 4.92 Å². The number of rotatable bonds is 3. The van der Waals surface area contributed by atoms with Crippen LogP contribution >= 0.6 is 0 Å². The van der Waals surface area contributed by atoms with Gasteiger partial charge in [0.15, 0.2) is 5.78 Å². The highest BCUT2D eigenvalue weighted by Gasteiger charge is 2.35. The minimum atomic E-state index is -0.386. The van der Waals surface area contributed by atoms with E-state index in [1.165, 1.54) is 13.0 Å². The van der Waals surface area contributed by atoms with Crippen molar-refractivity contribution in [1.82, 2.24) is 4.90 Å². The number of hydrogen-bond acceptors (Lipinski definition) is 5. The quantitative estimate of drug-likeness (QED) is 0.477. The molecular formula is C14H17N3O3. The van der Waals surface area contributed by atoms with Crippen LogP contribution in [0.4, 0.5) is 11.4 Å². The highest BCUT2D eigenvalue weighted by molar-refractivity contribution is 5.95. The minimum Gasteiger partial charge on any atom is -0.360 e. The summed E-state index contributed by atoms with van der Waals surface area (Å²) in [5.41, 5.74) is 1.08. The third-order valence-electron chi connectivity index (χ3n) is 4.23. The van der Waals surface area contributed by atoms with Gasteiger partial charge in [-0.1, -0.05) is 0 Å². The summed E-state index contributed by atoms with van der Waals surface area (Å²) in [6.07, 6.45) is 1.05. The molecule has 2 fully saturated rings. The van der Waals surface area contributed by atoms with Crippen molar-refractivity contribution in [1.29, 1.82) is 0 Å². The van der Waals surface area contributed by atoms with Crippen LogP contribution in [0.3, 0.4) is 0 Å². The predicted molar refractivity (Wildman–Crippen MR) is 75.3 cm³/mol. The van der Waals surface area contributed by atoms with E-state index in [2.05, 4.69) is 9.80 Å². The lowest BCUT2D eigenvalue weighted by atomic mass is 10.1. The molecular weight excluding hydrogens is 258 g/mol. The summed E-state index contributed by atoms with van der Waals surface area (Å²) in [7, 11) is 0. The SMILES string of the molecule is CC(=O)c1ccc(N2CCN3CC[C@H]2C3)c([N+](=O)[O-])c1. The fourth-order valence-corrected chi connectivity index (χ4v) is 3.15. The van der Waals surface area contributed by atoms with E-state index in [1.807, 2.05) is 0 Å². The number of fused-ring (bicyclic) bond motifs is 2. The van der Waals surface area contributed by atoms with Crippen LogP contribution in [0.2, 0.25) is 0 Å². The van der Waals surface area contributed by atoms with Crippen LogP contribution < -0.4 is 4.90 Å². The molecule has 6 heteroatoms. The van der Waals surface area contributed by atoms with E-state index in [-0.39, 0.29) is 16.4 Å². The lowest BCUT2D eigenvalue weighted by molar-refractivity contribution is -0.384. The number of piperazine rings is 1. The maximum absolute atomic E-state index is 11.4. The second kappa shape index (κ2) is 4.86. The Morgan fingerprint density at radius 3 is 2.85 bits per heavy atom. The van der Waals surface area contributed by atoms with E-state index < -0.39 is 0 Å². The Morgan fingerprint density at radius 1 is 1.35 bits per heavy atom. The molecule has 20 heavy (non-hydrogen) atoms. The van der Waals surface area contributed by atoms with E-state index in [0.717, 1.165) is 32.6 Å². The van der Waals surface area contributed by atoms with Crippen LogP contribution in [0.25, 0.3) is 0 Å². The summed E-state index contributed by atoms with van der Waals surface area (Å²) in [6.45, 7) is 5.23. The second-order valence-corrected chi connectivity index (χ2v) is 5.45. The molecule has 0 aromatic heterocycles. The molecule has 1 unspecified atom stereocenters. The molecule has 0 saturated carbocycles. The average Bonchev–Trinajstić information content (AvgIpc) is 2.80. The third kappa shape index (κ3) is 2.16. The van der Waals surface area contributed by atoms with Crippen LogP contribution in [0, 0.1) is 10.1 Å². The molecule has 2 aliphatic heterocycles. The lowest BCUT2D eigenvalue weighted by Gasteiger charge is -2.35. The maximum atomic E-state index is 11.4. The van der Waals surface area contributed by atoms with Crippen molar-refractivity contribution in [3.05, 3.63) is 33.9 Å². The molecule has 2 atom stereocenters. The molecule has 2 bridgehead atoms. The van der Waals surface area contributed by atoms with Crippen molar-refractivity contribution >= 4 is 17.2 Å². The summed E-state index contributed by atoms with van der Waals surface area (Å²) >= 11 is 0. The Kier molecular flexibility index (Phi) is 3.17. The van der Waals surface area contributed by atoms with Gasteiger partial charge in [-0.25, -0.2) is 0 Å². The molecule has 6 nitrogen and oxygen atoms in total. The summed E-state index contributed by atoms with van der Waals surface area (Å²) in [5, 5.41) is 11.3. The van der Waals surface area contributed by atoms with E-state index in [1.54, 1.807) is 12.1 Å². The summed E-state index contributed by atoms with van der Waals surface area (Å²) in [6, 6.07) is 5.17. The van der Waals surface area contributed by atoms with Crippen LogP contribution in [0.15, 0.2) is 18.2 Å². The zero-order valence-electron chi connectivity index (χ0n) is 11.4. The molecule has 2 heterocycles. The fraction of sp³-hybridized carbons (Fsp3) is 0.500. The number of ketones is 1. The standard InChI is InChI=1S/C14H17N3O3/c1-10(18)11-2-3-13(14(8-11)17(19)20)16-7-6-15-5-4-12(16)9-15/h2-3,8,12H,4-7,9H2,1H3/t12-/m0/s1. The number of Topliss-reactive ketones (excluding diaryl/α,β-unsaturated/α-hetero) is 1. The van der Waals surface area contributed by atoms with Gasteiger partial charge in [0, 0.05) is 43.9 Å². The van der Waals surface area contributed by atoms with Crippen molar-refractivity contribution in [3.63, 3.8) is 0 Å². The van der Waals surface area contributed by atoms with Crippen molar-refractivity contribution in [2.75, 3.05) is 31.1 Å². The zero-order valence-corrected chi connectivity index (χ0v) is 11.4. The van der Waals surface area contributed by atoms with E-state index >= 15 is 0 Å². The molecule has 0 radical (unpaired) electrons. The van der Waals surface area contributed by atoms with Crippen molar-refractivity contribution in [2.45, 2.75) is 19.4 Å². The maximum Gasteiger partial charge on any atom is 0.293 e. The normalized spacial score (nSPS) is 24.8. The first-order valence-corrected chi connectivity index (χ1v) is 6.84. The number of carbonyl (C=O) groups excluding carboxylic acids is 1. The number of nitro benzene ring substituents is 1. The molecule has 1 aromatic carbocycles. The number of hydrogen-bond donors (Lipinski definition) is 0. The molecule has 1 aromatic rings. The van der Waals surface area contributed by atoms with Gasteiger partial charge in [0.2, 0.25) is 0 Å². The summed E-state index contributed by atoms with van der Waals surface area (Å²) in [4.78, 5) is 26.8. The Labute approximate surface area is 117 Å². The fourth-order valence-electron chi connectivity index (χ4n) is 3.15. The highest BCUT2D eigenvalue weighted by atomic mass is 16.6. The molecule has 2 aliphatic rings. The van der Waals surface area contributed by atoms with Crippen LogP contribution in [0.1, 0.15) is 23.7 Å². The van der Waals surface area contributed by atoms with Crippen molar-refractivity contribution in [3.8, 4) is 0 Å². The van der Waals surface area contributed by atoms with Crippen molar-refractivity contribution < 1.29 is 9.72 Å². The van der Waals surface area contributed by atoms with Gasteiger partial charge >= 0.3 is 0 Å². The topological polar surface area (TPSA) is 66.7 Å². The Balaban J connectivity index is 2.00. The summed E-state index contributed by atoms with van der Waals surface area (Å²) < 4.78 is 0. The van der Waals surface area contributed by atoms with Gasteiger partial charge in [0.1, 0.15) is 5.69 Å². The first-order valence-electron chi connectivity index (χ1n) is 6.84. The minimum absolute atomic E-state index is 0.0399. The first-order chi connectivity index (χ1) is 9.56. The van der Waals surface area contributed by atoms with Gasteiger partial charge in [-0.3, -0.25) is 19.8 Å². The van der Waals surface area contributed by atoms with Gasteiger partial charge in [-0.2, -0.15) is 0 Å². The van der Waals surface area contributed by atoms with Gasteiger partial charge < -0.3 is 4.90 Å². The van der Waals surface area contributed by atoms with Crippen molar-refractivity contribution in [2.24, 2.45) is 0 Å². The molecule has 2 saturated heterocycles. The largest absolute Gasteiger partial charge is 0.360 e. The average molecular weight is 275 g/mol. The lowest BCUT2D eigenvalue weighted by Crippen LogP contribution is -2.47. The zero-order chi connectivity index (χ0) is 14.3. The third-order valence-corrected chi connectivity index (χ3v) is 4.23. The molecule has 0 spiro atoms. The molecule has 0 N–H and O–H groups in total. The second-order valence-electron chi connectivity index (χ2n) is 5.45. The molecule has 0 aliphatic carbocycles. The number of nitrogens with zero attached hydrogens (tertiary/aromatic N) is 3. The van der Waals surface area contributed by atoms with Gasteiger partial charge in [-0.15, -0.1) is 0 Å². The monoisotopic (exact) mass is 275 g/mol. The molecule has 106 valence electrons. The van der Waals surface area contributed by atoms with E-state index in [9.17, 15) is 14.9 Å². The number of anilines is 1. The smallest absolute Gasteiger partial charge is 0.293 e. The molecule has 0 amide bonds. The Hall–Kier alpha value is -1.95. The highest BCUT2D eigenvalue weighted by Crippen LogP contribution is 2.34. The predicted octanol–water partition coefficient (Wildman–Crippen LogP) is 1.69. The molecule has 3 rings (SSSR count). The van der Waals surface area contributed by atoms with E-state index in [4.69, 9.17) is 0 Å². The number of carbonyl (C=O) groups is 1. The Bertz CT molecular complexity index is 573.